The van der Waals surface area contributed by atoms with E-state index in [0.717, 1.165) is 11.3 Å². The van der Waals surface area contributed by atoms with Gasteiger partial charge in [-0.15, -0.1) is 0 Å². The van der Waals surface area contributed by atoms with Gasteiger partial charge in [0.15, 0.2) is 4.77 Å². The number of carbonyl (C=O) groups is 1. The van der Waals surface area contributed by atoms with E-state index >= 15 is 0 Å². The molecule has 1 amide bonds. The molecule has 0 saturated carbocycles. The minimum Gasteiger partial charge on any atom is -0.497 e. The molecular weight excluding hydrogens is 466 g/mol. The third-order valence-corrected chi connectivity index (χ3v) is 6.14. The Morgan fingerprint density at radius 2 is 1.97 bits per heavy atom. The van der Waals surface area contributed by atoms with Gasteiger partial charge in [-0.2, -0.15) is 0 Å². The van der Waals surface area contributed by atoms with Crippen LogP contribution in [0.15, 0.2) is 59.7 Å². The number of H-pyrrole nitrogens is 1. The average molecular weight is 494 g/mol. The summed E-state index contributed by atoms with van der Waals surface area (Å²) in [5, 5.41) is 3.53. The summed E-state index contributed by atoms with van der Waals surface area (Å²) in [6.45, 7) is 0.983. The molecule has 1 unspecified atom stereocenters. The maximum Gasteiger partial charge on any atom is 0.262 e. The van der Waals surface area contributed by atoms with Gasteiger partial charge < -0.3 is 24.3 Å². The van der Waals surface area contributed by atoms with E-state index in [4.69, 9.17) is 21.7 Å². The Bertz CT molecular complexity index is 1460. The summed E-state index contributed by atoms with van der Waals surface area (Å²) in [7, 11) is 5.09. The zero-order valence-corrected chi connectivity index (χ0v) is 20.6. The van der Waals surface area contributed by atoms with Crippen LogP contribution in [-0.2, 0) is 18.3 Å². The molecule has 2 aromatic carbocycles. The van der Waals surface area contributed by atoms with Crippen molar-refractivity contribution in [3.8, 4) is 5.75 Å². The van der Waals surface area contributed by atoms with Crippen LogP contribution in [0.1, 0.15) is 34.2 Å². The number of rotatable bonds is 9. The van der Waals surface area contributed by atoms with Crippen molar-refractivity contribution in [2.45, 2.75) is 19.0 Å². The lowest BCUT2D eigenvalue weighted by molar-refractivity contribution is 0.0941. The molecule has 0 bridgehead atoms. The summed E-state index contributed by atoms with van der Waals surface area (Å²) < 4.78 is 14.0. The Morgan fingerprint density at radius 3 is 2.63 bits per heavy atom. The molecule has 0 fully saturated rings. The van der Waals surface area contributed by atoms with Crippen molar-refractivity contribution in [1.29, 1.82) is 0 Å². The van der Waals surface area contributed by atoms with E-state index < -0.39 is 6.04 Å². The number of fused-ring (bicyclic) bond motifs is 1. The van der Waals surface area contributed by atoms with Gasteiger partial charge >= 0.3 is 0 Å². The minimum absolute atomic E-state index is 0.198. The number of ether oxygens (including phenoxy) is 2. The van der Waals surface area contributed by atoms with E-state index in [0.29, 0.717) is 46.6 Å². The van der Waals surface area contributed by atoms with E-state index in [-0.39, 0.29) is 11.5 Å². The first-order valence-electron chi connectivity index (χ1n) is 11.1. The van der Waals surface area contributed by atoms with Gasteiger partial charge in [0.05, 0.1) is 18.0 Å². The maximum atomic E-state index is 13.3. The molecule has 2 aromatic heterocycles. The number of amides is 1. The van der Waals surface area contributed by atoms with E-state index in [2.05, 4.69) is 15.3 Å². The fraction of sp³-hybridized carbons (Fsp3) is 0.280. The number of carbonyl (C=O) groups excluding carboxylic acids is 1. The Hall–Kier alpha value is -3.76. The molecule has 10 heteroatoms. The number of aromatic amines is 1. The highest BCUT2D eigenvalue weighted by Crippen LogP contribution is 2.24. The number of aryl methyl sites for hydroxylation is 1. The molecule has 0 aliphatic carbocycles. The number of nitrogens with zero attached hydrogens (tertiary/aromatic N) is 3. The minimum atomic E-state index is -0.489. The van der Waals surface area contributed by atoms with Crippen molar-refractivity contribution in [2.24, 2.45) is 7.05 Å². The second-order valence-electron chi connectivity index (χ2n) is 8.07. The lowest BCUT2D eigenvalue weighted by atomic mass is 10.0. The maximum absolute atomic E-state index is 13.3. The second kappa shape index (κ2) is 10.7. The topological polar surface area (TPSA) is 103 Å². The SMILES string of the molecule is COCCCn1c(=S)[nH]c2cc(C(=O)NC(c3ccc(OC)cc3)c3nccn3C)ccc2c1=O. The van der Waals surface area contributed by atoms with Gasteiger partial charge in [0.1, 0.15) is 17.6 Å². The van der Waals surface area contributed by atoms with E-state index in [1.165, 1.54) is 4.57 Å². The predicted molar refractivity (Wildman–Crippen MR) is 135 cm³/mol. The largest absolute Gasteiger partial charge is 0.497 e. The number of benzene rings is 2. The molecule has 4 rings (SSSR count). The highest BCUT2D eigenvalue weighted by atomic mass is 32.1. The van der Waals surface area contributed by atoms with Crippen LogP contribution in [0.4, 0.5) is 0 Å². The molecule has 2 heterocycles. The quantitative estimate of drug-likeness (QED) is 0.274. The summed E-state index contributed by atoms with van der Waals surface area (Å²) in [4.78, 5) is 33.8. The van der Waals surface area contributed by atoms with Crippen molar-refractivity contribution in [2.75, 3.05) is 20.8 Å². The fourth-order valence-corrected chi connectivity index (χ4v) is 4.21. The summed E-state index contributed by atoms with van der Waals surface area (Å²) in [6, 6.07) is 11.9. The fourth-order valence-electron chi connectivity index (χ4n) is 3.93. The molecule has 4 aromatic rings. The van der Waals surface area contributed by atoms with Gasteiger partial charge in [0.2, 0.25) is 0 Å². The number of hydrogen-bond acceptors (Lipinski definition) is 6. The van der Waals surface area contributed by atoms with Crippen LogP contribution in [0.5, 0.6) is 5.75 Å². The number of nitrogens with one attached hydrogen (secondary N) is 2. The summed E-state index contributed by atoms with van der Waals surface area (Å²) in [6.07, 6.45) is 4.18. The molecule has 1 atom stereocenters. The van der Waals surface area contributed by atoms with Gasteiger partial charge in [0, 0.05) is 45.3 Å². The van der Waals surface area contributed by atoms with Gasteiger partial charge in [0.25, 0.3) is 11.5 Å². The lowest BCUT2D eigenvalue weighted by Gasteiger charge is -2.20. The molecule has 2 N–H and O–H groups in total. The van der Waals surface area contributed by atoms with Crippen molar-refractivity contribution in [3.05, 3.63) is 86.9 Å². The van der Waals surface area contributed by atoms with Crippen molar-refractivity contribution in [1.82, 2.24) is 24.4 Å². The van der Waals surface area contributed by atoms with Crippen LogP contribution in [0.2, 0.25) is 0 Å². The summed E-state index contributed by atoms with van der Waals surface area (Å²) in [5.41, 5.74) is 1.56. The highest BCUT2D eigenvalue weighted by Gasteiger charge is 2.22. The Labute approximate surface area is 207 Å². The van der Waals surface area contributed by atoms with Gasteiger partial charge in [-0.25, -0.2) is 4.98 Å². The molecule has 35 heavy (non-hydrogen) atoms. The van der Waals surface area contributed by atoms with Crippen molar-refractivity contribution in [3.63, 3.8) is 0 Å². The van der Waals surface area contributed by atoms with Gasteiger partial charge in [-0.05, 0) is 54.5 Å². The van der Waals surface area contributed by atoms with Gasteiger partial charge in [-0.3, -0.25) is 14.2 Å². The first kappa shape index (κ1) is 24.4. The van der Waals surface area contributed by atoms with Crippen molar-refractivity contribution < 1.29 is 14.3 Å². The van der Waals surface area contributed by atoms with Crippen LogP contribution in [-0.4, -0.2) is 45.8 Å². The van der Waals surface area contributed by atoms with E-state index in [1.54, 1.807) is 38.6 Å². The molecule has 0 aliphatic rings. The normalized spacial score (nSPS) is 12.0. The first-order valence-corrected chi connectivity index (χ1v) is 11.5. The first-order chi connectivity index (χ1) is 16.9. The molecule has 0 spiro atoms. The highest BCUT2D eigenvalue weighted by molar-refractivity contribution is 7.71. The summed E-state index contributed by atoms with van der Waals surface area (Å²) >= 11 is 5.39. The van der Waals surface area contributed by atoms with Crippen LogP contribution in [0.25, 0.3) is 10.9 Å². The van der Waals surface area contributed by atoms with E-state index in [1.807, 2.05) is 42.1 Å². The number of aromatic nitrogens is 4. The van der Waals surface area contributed by atoms with Crippen LogP contribution >= 0.6 is 12.2 Å². The molecule has 182 valence electrons. The molecule has 0 saturated heterocycles. The standard InChI is InChI=1S/C25H27N5O4S/c1-29-13-11-26-22(29)21(16-5-8-18(34-3)9-6-16)28-23(31)17-7-10-19-20(15-17)27-25(35)30(24(19)32)12-4-14-33-2/h5-11,13,15,21H,4,12,14H2,1-3H3,(H,27,35)(H,28,31). The molecular formula is C25H27N5O4S. The Balaban J connectivity index is 1.66. The summed E-state index contributed by atoms with van der Waals surface area (Å²) in [5.74, 6) is 1.10. The zero-order valence-electron chi connectivity index (χ0n) is 19.8. The number of imidazole rings is 1. The molecule has 0 radical (unpaired) electrons. The smallest absolute Gasteiger partial charge is 0.262 e. The third kappa shape index (κ3) is 5.18. The molecule has 9 nitrogen and oxygen atoms in total. The van der Waals surface area contributed by atoms with Gasteiger partial charge in [-0.1, -0.05) is 12.1 Å². The van der Waals surface area contributed by atoms with E-state index in [9.17, 15) is 9.59 Å². The predicted octanol–water partition coefficient (Wildman–Crippen LogP) is 3.36. The van der Waals surface area contributed by atoms with Crippen LogP contribution < -0.4 is 15.6 Å². The average Bonchev–Trinajstić information content (AvgIpc) is 3.29. The monoisotopic (exact) mass is 493 g/mol. The number of hydrogen-bond donors (Lipinski definition) is 2. The lowest BCUT2D eigenvalue weighted by Crippen LogP contribution is -2.31. The Kier molecular flexibility index (Phi) is 7.42. The molecule has 0 aliphatic heterocycles. The second-order valence-corrected chi connectivity index (χ2v) is 8.46. The Morgan fingerprint density at radius 1 is 1.20 bits per heavy atom. The number of methoxy groups -OCH3 is 2. The zero-order chi connectivity index (χ0) is 24.9. The van der Waals surface area contributed by atoms with Crippen molar-refractivity contribution >= 4 is 29.0 Å². The van der Waals surface area contributed by atoms with Crippen LogP contribution in [0.3, 0.4) is 0 Å². The van der Waals surface area contributed by atoms with Crippen LogP contribution in [0, 0.1) is 4.77 Å². The third-order valence-electron chi connectivity index (χ3n) is 5.82.